The van der Waals surface area contributed by atoms with E-state index < -0.39 is 15.6 Å². The van der Waals surface area contributed by atoms with Gasteiger partial charge in [0.15, 0.2) is 0 Å². The Balaban J connectivity index is 2.14. The van der Waals surface area contributed by atoms with Crippen LogP contribution in [0.3, 0.4) is 0 Å². The fourth-order valence-corrected chi connectivity index (χ4v) is 3.70. The normalized spacial score (nSPS) is 26.0. The van der Waals surface area contributed by atoms with Crippen molar-refractivity contribution in [3.05, 3.63) is 12.4 Å². The Morgan fingerprint density at radius 3 is 2.89 bits per heavy atom. The lowest BCUT2D eigenvalue weighted by Gasteiger charge is -2.26. The van der Waals surface area contributed by atoms with E-state index in [1.807, 2.05) is 19.0 Å². The first-order valence-electron chi connectivity index (χ1n) is 5.70. The Morgan fingerprint density at radius 2 is 2.33 bits per heavy atom. The fraction of sp³-hybridized carbons (Fsp3) is 0.700. The summed E-state index contributed by atoms with van der Waals surface area (Å²) in [6.45, 7) is 0.904. The van der Waals surface area contributed by atoms with Gasteiger partial charge in [-0.25, -0.2) is 8.42 Å². The summed E-state index contributed by atoms with van der Waals surface area (Å²) in [6, 6.07) is 0. The van der Waals surface area contributed by atoms with Gasteiger partial charge < -0.3 is 10.0 Å². The molecular weight excluding hydrogens is 256 g/mol. The summed E-state index contributed by atoms with van der Waals surface area (Å²) in [5.74, 6) is 0. The Kier molecular flexibility index (Phi) is 3.45. The number of nitrogens with one attached hydrogen (secondary N) is 1. The molecule has 0 spiro atoms. The van der Waals surface area contributed by atoms with Crippen molar-refractivity contribution in [2.75, 3.05) is 33.7 Å². The Morgan fingerprint density at radius 1 is 1.61 bits per heavy atom. The molecule has 7 nitrogen and oxygen atoms in total. The van der Waals surface area contributed by atoms with Crippen molar-refractivity contribution in [1.29, 1.82) is 0 Å². The van der Waals surface area contributed by atoms with E-state index in [4.69, 9.17) is 0 Å². The first-order valence-corrected chi connectivity index (χ1v) is 7.14. The number of hydrogen-bond donors (Lipinski definition) is 2. The zero-order valence-corrected chi connectivity index (χ0v) is 11.3. The van der Waals surface area contributed by atoms with Crippen molar-refractivity contribution in [2.45, 2.75) is 16.9 Å². The van der Waals surface area contributed by atoms with Gasteiger partial charge in [0.05, 0.1) is 11.8 Å². The largest absolute Gasteiger partial charge is 0.387 e. The van der Waals surface area contributed by atoms with Gasteiger partial charge in [0.2, 0.25) is 10.0 Å². The van der Waals surface area contributed by atoms with Gasteiger partial charge in [-0.1, -0.05) is 0 Å². The minimum atomic E-state index is -3.54. The SMILES string of the molecule is CN(C)CC1(O)CCN(S(=O)(=O)c2cn[nH]c2)C1. The summed E-state index contributed by atoms with van der Waals surface area (Å²) in [5, 5.41) is 16.5. The van der Waals surface area contributed by atoms with Crippen LogP contribution in [0.1, 0.15) is 6.42 Å². The number of β-amino-alcohol motifs (C(OH)–C–C–N with tert-alkyl or cyclic N) is 1. The van der Waals surface area contributed by atoms with E-state index in [-0.39, 0.29) is 11.4 Å². The number of nitrogens with zero attached hydrogens (tertiary/aromatic N) is 3. The molecule has 0 aliphatic carbocycles. The van der Waals surface area contributed by atoms with Gasteiger partial charge in [0.1, 0.15) is 4.90 Å². The second-order valence-electron chi connectivity index (χ2n) is 4.98. The van der Waals surface area contributed by atoms with Crippen LogP contribution in [-0.2, 0) is 10.0 Å². The Hall–Kier alpha value is -0.960. The second-order valence-corrected chi connectivity index (χ2v) is 6.92. The number of H-pyrrole nitrogens is 1. The summed E-state index contributed by atoms with van der Waals surface area (Å²) < 4.78 is 25.7. The molecule has 2 rings (SSSR count). The van der Waals surface area contributed by atoms with Gasteiger partial charge >= 0.3 is 0 Å². The Bertz CT molecular complexity index is 499. The smallest absolute Gasteiger partial charge is 0.246 e. The fourth-order valence-electron chi connectivity index (χ4n) is 2.27. The number of aromatic amines is 1. The topological polar surface area (TPSA) is 89.5 Å². The number of hydrogen-bond acceptors (Lipinski definition) is 5. The summed E-state index contributed by atoms with van der Waals surface area (Å²) >= 11 is 0. The lowest BCUT2D eigenvalue weighted by atomic mass is 10.0. The molecule has 1 aliphatic rings. The third-order valence-corrected chi connectivity index (χ3v) is 4.83. The molecule has 1 atom stereocenters. The molecule has 2 N–H and O–H groups in total. The molecule has 0 aromatic carbocycles. The van der Waals surface area contributed by atoms with Crippen LogP contribution in [0.25, 0.3) is 0 Å². The van der Waals surface area contributed by atoms with Crippen LogP contribution in [-0.4, -0.2) is 72.3 Å². The van der Waals surface area contributed by atoms with Crippen molar-refractivity contribution in [1.82, 2.24) is 19.4 Å². The van der Waals surface area contributed by atoms with Crippen molar-refractivity contribution < 1.29 is 13.5 Å². The van der Waals surface area contributed by atoms with Crippen LogP contribution < -0.4 is 0 Å². The molecule has 0 radical (unpaired) electrons. The number of aliphatic hydroxyl groups is 1. The van der Waals surface area contributed by atoms with E-state index in [1.54, 1.807) is 0 Å². The van der Waals surface area contributed by atoms with Gasteiger partial charge in [0.25, 0.3) is 0 Å². The van der Waals surface area contributed by atoms with Crippen LogP contribution in [0.2, 0.25) is 0 Å². The first-order chi connectivity index (χ1) is 8.33. The van der Waals surface area contributed by atoms with Crippen molar-refractivity contribution in [3.63, 3.8) is 0 Å². The molecule has 0 saturated carbocycles. The molecule has 2 heterocycles. The highest BCUT2D eigenvalue weighted by molar-refractivity contribution is 7.89. The predicted molar refractivity (Wildman–Crippen MR) is 65.5 cm³/mol. The quantitative estimate of drug-likeness (QED) is 0.742. The molecule has 18 heavy (non-hydrogen) atoms. The number of likely N-dealkylation sites (N-methyl/N-ethyl adjacent to an activating group) is 1. The van der Waals surface area contributed by atoms with Crippen LogP contribution in [0, 0.1) is 0 Å². The van der Waals surface area contributed by atoms with E-state index in [2.05, 4.69) is 10.2 Å². The number of aromatic nitrogens is 2. The minimum absolute atomic E-state index is 0.124. The molecule has 0 bridgehead atoms. The molecule has 1 aliphatic heterocycles. The predicted octanol–water partition coefficient (Wildman–Crippen LogP) is -0.903. The third kappa shape index (κ3) is 2.56. The van der Waals surface area contributed by atoms with Crippen molar-refractivity contribution >= 4 is 10.0 Å². The molecule has 8 heteroatoms. The summed E-state index contributed by atoms with van der Waals surface area (Å²) in [6.07, 6.45) is 3.07. The van der Waals surface area contributed by atoms with E-state index in [0.29, 0.717) is 19.5 Å². The first kappa shape index (κ1) is 13.5. The summed E-state index contributed by atoms with van der Waals surface area (Å²) in [4.78, 5) is 1.99. The molecule has 1 fully saturated rings. The highest BCUT2D eigenvalue weighted by atomic mass is 32.2. The molecule has 1 aromatic rings. The maximum Gasteiger partial charge on any atom is 0.246 e. The molecular formula is C10H18N4O3S. The molecule has 102 valence electrons. The Labute approximate surface area is 106 Å². The van der Waals surface area contributed by atoms with Crippen molar-refractivity contribution in [2.24, 2.45) is 0 Å². The summed E-state index contributed by atoms with van der Waals surface area (Å²) in [5.41, 5.74) is -0.972. The van der Waals surface area contributed by atoms with Crippen molar-refractivity contribution in [3.8, 4) is 0 Å². The van der Waals surface area contributed by atoms with Crippen LogP contribution >= 0.6 is 0 Å². The van der Waals surface area contributed by atoms with E-state index >= 15 is 0 Å². The molecule has 0 amide bonds. The van der Waals surface area contributed by atoms with Gasteiger partial charge in [-0.2, -0.15) is 9.40 Å². The second kappa shape index (κ2) is 4.61. The maximum absolute atomic E-state index is 12.2. The summed E-state index contributed by atoms with van der Waals surface area (Å²) in [7, 11) is 0.164. The van der Waals surface area contributed by atoms with Gasteiger partial charge in [-0.05, 0) is 20.5 Å². The van der Waals surface area contributed by atoms with E-state index in [0.717, 1.165) is 0 Å². The average molecular weight is 274 g/mol. The molecule has 1 aromatic heterocycles. The van der Waals surface area contributed by atoms with Crippen LogP contribution in [0.4, 0.5) is 0 Å². The maximum atomic E-state index is 12.2. The lowest BCUT2D eigenvalue weighted by Crippen LogP contribution is -2.43. The van der Waals surface area contributed by atoms with Crippen LogP contribution in [0.5, 0.6) is 0 Å². The molecule has 1 saturated heterocycles. The zero-order valence-electron chi connectivity index (χ0n) is 10.5. The average Bonchev–Trinajstić information content (AvgIpc) is 2.85. The lowest BCUT2D eigenvalue weighted by molar-refractivity contribution is 0.0302. The standard InChI is InChI=1S/C10H18N4O3S/c1-13(2)7-10(15)3-4-14(8-10)18(16,17)9-5-11-12-6-9/h5-6,15H,3-4,7-8H2,1-2H3,(H,11,12). The third-order valence-electron chi connectivity index (χ3n) is 3.02. The van der Waals surface area contributed by atoms with Gasteiger partial charge in [-0.15, -0.1) is 0 Å². The van der Waals surface area contributed by atoms with Gasteiger partial charge in [0, 0.05) is 25.8 Å². The number of sulfonamides is 1. The van der Waals surface area contributed by atoms with E-state index in [1.165, 1.54) is 16.7 Å². The monoisotopic (exact) mass is 274 g/mol. The highest BCUT2D eigenvalue weighted by Crippen LogP contribution is 2.27. The van der Waals surface area contributed by atoms with E-state index in [9.17, 15) is 13.5 Å². The van der Waals surface area contributed by atoms with Gasteiger partial charge in [-0.3, -0.25) is 5.10 Å². The zero-order chi connectivity index (χ0) is 13.4. The highest BCUT2D eigenvalue weighted by Gasteiger charge is 2.42. The molecule has 1 unspecified atom stereocenters. The minimum Gasteiger partial charge on any atom is -0.387 e. The number of rotatable bonds is 4. The van der Waals surface area contributed by atoms with Crippen LogP contribution in [0.15, 0.2) is 17.3 Å².